The lowest BCUT2D eigenvalue weighted by Crippen LogP contribution is -2.33. The molecule has 0 amide bonds. The Bertz CT molecular complexity index is 1330. The van der Waals surface area contributed by atoms with Gasteiger partial charge < -0.3 is 4.98 Å². The Morgan fingerprint density at radius 2 is 2.03 bits per heavy atom. The smallest absolute Gasteiger partial charge is 0.242 e. The molecule has 29 heavy (non-hydrogen) atoms. The normalized spacial score (nSPS) is 20.1. The minimum atomic E-state index is -3.78. The summed E-state index contributed by atoms with van der Waals surface area (Å²) in [4.78, 5) is 7.40. The highest BCUT2D eigenvalue weighted by molar-refractivity contribution is 7.89. The highest BCUT2D eigenvalue weighted by atomic mass is 35.5. The first-order chi connectivity index (χ1) is 13.9. The van der Waals surface area contributed by atoms with E-state index in [1.165, 1.54) is 6.07 Å². The van der Waals surface area contributed by atoms with Crippen LogP contribution >= 0.6 is 23.2 Å². The van der Waals surface area contributed by atoms with Crippen LogP contribution in [-0.2, 0) is 10.0 Å². The van der Waals surface area contributed by atoms with E-state index in [-0.39, 0.29) is 26.9 Å². The van der Waals surface area contributed by atoms with Gasteiger partial charge in [0.2, 0.25) is 10.0 Å². The molecule has 4 aromatic rings. The van der Waals surface area contributed by atoms with Crippen LogP contribution < -0.4 is 4.72 Å². The second-order valence-corrected chi connectivity index (χ2v) is 9.57. The summed E-state index contributed by atoms with van der Waals surface area (Å²) >= 11 is 12.1. The van der Waals surface area contributed by atoms with Gasteiger partial charge in [-0.25, -0.2) is 18.1 Å². The topological polar surface area (TPSA) is 105 Å². The number of aromatic amines is 1. The van der Waals surface area contributed by atoms with Crippen LogP contribution in [0, 0.1) is 0 Å². The van der Waals surface area contributed by atoms with Gasteiger partial charge in [-0.2, -0.15) is 0 Å². The molecule has 11 heteroatoms. The Balaban J connectivity index is 1.41. The van der Waals surface area contributed by atoms with Crippen molar-refractivity contribution in [2.75, 3.05) is 0 Å². The van der Waals surface area contributed by atoms with Crippen LogP contribution in [0.15, 0.2) is 41.6 Å². The van der Waals surface area contributed by atoms with Gasteiger partial charge in [0.1, 0.15) is 10.7 Å². The fourth-order valence-corrected chi connectivity index (χ4v) is 6.00. The summed E-state index contributed by atoms with van der Waals surface area (Å²) < 4.78 is 30.4. The maximum absolute atomic E-state index is 12.8. The molecular weight excluding hydrogens is 435 g/mol. The number of sulfonamides is 1. The third kappa shape index (κ3) is 3.18. The fourth-order valence-electron chi connectivity index (χ4n) is 3.96. The van der Waals surface area contributed by atoms with Gasteiger partial charge >= 0.3 is 0 Å². The van der Waals surface area contributed by atoms with Gasteiger partial charge in [-0.3, -0.25) is 4.40 Å². The molecule has 0 aliphatic heterocycles. The fraction of sp³-hybridized carbons (Fsp3) is 0.278. The monoisotopic (exact) mass is 450 g/mol. The lowest BCUT2D eigenvalue weighted by Gasteiger charge is -2.15. The number of nitrogens with zero attached hydrogens (tertiary/aromatic N) is 4. The molecule has 0 spiro atoms. The summed E-state index contributed by atoms with van der Waals surface area (Å²) in [6.07, 6.45) is 5.60. The van der Waals surface area contributed by atoms with E-state index in [2.05, 4.69) is 24.9 Å². The molecule has 3 heterocycles. The zero-order chi connectivity index (χ0) is 20.2. The molecule has 0 bridgehead atoms. The second-order valence-electron chi connectivity index (χ2n) is 7.10. The van der Waals surface area contributed by atoms with E-state index in [1.807, 2.05) is 16.7 Å². The zero-order valence-electron chi connectivity index (χ0n) is 15.0. The van der Waals surface area contributed by atoms with Gasteiger partial charge in [0.25, 0.3) is 0 Å². The molecule has 1 aliphatic rings. The Morgan fingerprint density at radius 3 is 2.90 bits per heavy atom. The highest BCUT2D eigenvalue weighted by Crippen LogP contribution is 2.36. The molecule has 2 N–H and O–H groups in total. The van der Waals surface area contributed by atoms with E-state index in [4.69, 9.17) is 23.2 Å². The van der Waals surface area contributed by atoms with E-state index < -0.39 is 10.0 Å². The number of hydrogen-bond acceptors (Lipinski definition) is 5. The quantitative estimate of drug-likeness (QED) is 0.494. The van der Waals surface area contributed by atoms with Crippen molar-refractivity contribution in [3.05, 3.63) is 52.5 Å². The van der Waals surface area contributed by atoms with E-state index in [0.29, 0.717) is 18.5 Å². The van der Waals surface area contributed by atoms with E-state index in [9.17, 15) is 8.42 Å². The van der Waals surface area contributed by atoms with E-state index in [0.717, 1.165) is 23.4 Å². The number of rotatable bonds is 4. The maximum Gasteiger partial charge on any atom is 0.242 e. The summed E-state index contributed by atoms with van der Waals surface area (Å²) in [7, 11) is -3.78. The van der Waals surface area contributed by atoms with Gasteiger partial charge in [0, 0.05) is 18.2 Å². The lowest BCUT2D eigenvalue weighted by atomic mass is 10.1. The molecule has 8 nitrogen and oxygen atoms in total. The Hall–Kier alpha value is -2.20. The van der Waals surface area contributed by atoms with Crippen LogP contribution in [0.3, 0.4) is 0 Å². The van der Waals surface area contributed by atoms with Crippen molar-refractivity contribution < 1.29 is 8.42 Å². The summed E-state index contributed by atoms with van der Waals surface area (Å²) in [5, 5.41) is 8.83. The highest BCUT2D eigenvalue weighted by Gasteiger charge is 2.33. The molecule has 0 saturated heterocycles. The predicted molar refractivity (Wildman–Crippen MR) is 110 cm³/mol. The molecule has 150 valence electrons. The van der Waals surface area contributed by atoms with Gasteiger partial charge in [0.05, 0.1) is 21.8 Å². The van der Waals surface area contributed by atoms with Crippen LogP contribution in [0.1, 0.15) is 31.0 Å². The molecule has 0 radical (unpaired) electrons. The van der Waals surface area contributed by atoms with Crippen molar-refractivity contribution in [2.45, 2.75) is 36.1 Å². The largest absolute Gasteiger partial charge is 0.345 e. The van der Waals surface area contributed by atoms with Gasteiger partial charge in [-0.1, -0.05) is 29.3 Å². The van der Waals surface area contributed by atoms with Crippen LogP contribution in [0.2, 0.25) is 10.0 Å². The Labute approximate surface area is 176 Å². The summed E-state index contributed by atoms with van der Waals surface area (Å²) in [5.41, 5.74) is 2.32. The van der Waals surface area contributed by atoms with E-state index >= 15 is 0 Å². The van der Waals surface area contributed by atoms with Gasteiger partial charge in [-0.05, 0) is 37.5 Å². The van der Waals surface area contributed by atoms with Crippen molar-refractivity contribution in [1.82, 2.24) is 29.3 Å². The lowest BCUT2D eigenvalue weighted by molar-refractivity contribution is 0.546. The van der Waals surface area contributed by atoms with Crippen molar-refractivity contribution in [1.29, 1.82) is 0 Å². The maximum atomic E-state index is 12.8. The Morgan fingerprint density at radius 1 is 1.17 bits per heavy atom. The van der Waals surface area contributed by atoms with Crippen LogP contribution in [0.25, 0.3) is 16.8 Å². The first-order valence-corrected chi connectivity index (χ1v) is 11.3. The molecule has 1 fully saturated rings. The van der Waals surface area contributed by atoms with Crippen LogP contribution in [0.5, 0.6) is 0 Å². The van der Waals surface area contributed by atoms with Crippen LogP contribution in [0.4, 0.5) is 0 Å². The first-order valence-electron chi connectivity index (χ1n) is 9.07. The number of H-pyrrole nitrogens is 1. The minimum Gasteiger partial charge on any atom is -0.345 e. The molecule has 2 atom stereocenters. The average molecular weight is 451 g/mol. The third-order valence-electron chi connectivity index (χ3n) is 5.29. The average Bonchev–Trinajstić information content (AvgIpc) is 3.40. The number of aromatic nitrogens is 5. The summed E-state index contributed by atoms with van der Waals surface area (Å²) in [6, 6.07) is 6.28. The molecular formula is C18H16Cl2N6O2S. The van der Waals surface area contributed by atoms with Crippen molar-refractivity contribution in [3.8, 4) is 0 Å². The van der Waals surface area contributed by atoms with Crippen molar-refractivity contribution in [2.24, 2.45) is 0 Å². The minimum absolute atomic E-state index is 0.0110. The van der Waals surface area contributed by atoms with Crippen LogP contribution in [-0.4, -0.2) is 39.0 Å². The number of benzene rings is 1. The first kappa shape index (κ1) is 18.8. The van der Waals surface area contributed by atoms with Gasteiger partial charge in [0.15, 0.2) is 11.3 Å². The molecule has 1 saturated carbocycles. The predicted octanol–water partition coefficient (Wildman–Crippen LogP) is 3.53. The summed E-state index contributed by atoms with van der Waals surface area (Å²) in [5.74, 6) is 0.891. The molecule has 1 aromatic carbocycles. The number of fused-ring (bicyclic) bond motifs is 3. The van der Waals surface area contributed by atoms with E-state index in [1.54, 1.807) is 18.3 Å². The number of halogens is 2. The number of hydrogen-bond donors (Lipinski definition) is 2. The molecule has 5 rings (SSSR count). The van der Waals surface area contributed by atoms with Crippen molar-refractivity contribution in [3.63, 3.8) is 0 Å². The van der Waals surface area contributed by atoms with Gasteiger partial charge in [-0.15, -0.1) is 10.2 Å². The zero-order valence-corrected chi connectivity index (χ0v) is 17.3. The Kier molecular flexibility index (Phi) is 4.50. The van der Waals surface area contributed by atoms with Crippen molar-refractivity contribution >= 4 is 50.0 Å². The SMILES string of the molecule is O=S(=O)(N[C@H]1CC[C@@H](c2nnc3cnc4[nH]ccc4n23)C1)c1cccc(Cl)c1Cl. The standard InChI is InChI=1S/C18H16Cl2N6O2S/c19-12-2-1-3-14(16(12)20)29(27,28)25-11-5-4-10(8-11)18-24-23-15-9-22-17-13(26(15)18)6-7-21-17/h1-3,6-7,9-11,21,25H,4-5,8H2/t10-,11+/m1/s1. The molecule has 3 aromatic heterocycles. The number of nitrogens with one attached hydrogen (secondary N) is 2. The second kappa shape index (κ2) is 6.94. The summed E-state index contributed by atoms with van der Waals surface area (Å²) in [6.45, 7) is 0. The molecule has 0 unspecified atom stereocenters. The third-order valence-corrected chi connectivity index (χ3v) is 7.79. The molecule has 1 aliphatic carbocycles.